The molecule has 4 rings (SSSR count). The van der Waals surface area contributed by atoms with E-state index in [0.717, 1.165) is 30.8 Å². The monoisotopic (exact) mass is 345 g/mol. The normalized spacial score (nSPS) is 12.7. The molecule has 1 aliphatic rings. The van der Waals surface area contributed by atoms with Gasteiger partial charge in [-0.25, -0.2) is 0 Å². The minimum atomic E-state index is -0.288. The molecule has 2 aromatic carbocycles. The van der Waals surface area contributed by atoms with E-state index in [9.17, 15) is 10.0 Å². The SMILES string of the molecule is O=C(Nc1ccccc1CN1CCc2ccccc21)c1ccc[n+]([O-])c1. The van der Waals surface area contributed by atoms with E-state index in [2.05, 4.69) is 34.5 Å². The quantitative estimate of drug-likeness (QED) is 0.584. The summed E-state index contributed by atoms with van der Waals surface area (Å²) in [4.78, 5) is 14.8. The Hall–Kier alpha value is -3.34. The predicted molar refractivity (Wildman–Crippen MR) is 101 cm³/mol. The summed E-state index contributed by atoms with van der Waals surface area (Å²) >= 11 is 0. The Morgan fingerprint density at radius 1 is 1.08 bits per heavy atom. The number of pyridine rings is 1. The highest BCUT2D eigenvalue weighted by Crippen LogP contribution is 2.30. The molecule has 1 aliphatic heterocycles. The molecular formula is C21H19N3O2. The average molecular weight is 345 g/mol. The number of aromatic nitrogens is 1. The minimum absolute atomic E-state index is 0.288. The number of rotatable bonds is 4. The van der Waals surface area contributed by atoms with Gasteiger partial charge in [-0.2, -0.15) is 4.73 Å². The van der Waals surface area contributed by atoms with Gasteiger partial charge in [0.15, 0.2) is 12.4 Å². The molecule has 5 heteroatoms. The fourth-order valence-electron chi connectivity index (χ4n) is 3.34. The molecule has 2 heterocycles. The molecule has 0 aliphatic carbocycles. The molecule has 0 radical (unpaired) electrons. The van der Waals surface area contributed by atoms with Crippen LogP contribution in [-0.2, 0) is 13.0 Å². The van der Waals surface area contributed by atoms with E-state index in [1.807, 2.05) is 24.3 Å². The molecule has 1 amide bonds. The van der Waals surface area contributed by atoms with E-state index in [-0.39, 0.29) is 5.91 Å². The smallest absolute Gasteiger partial charge is 0.261 e. The van der Waals surface area contributed by atoms with Crippen LogP contribution in [0.4, 0.5) is 11.4 Å². The lowest BCUT2D eigenvalue weighted by Crippen LogP contribution is -2.27. The Labute approximate surface area is 152 Å². The first kappa shape index (κ1) is 16.1. The number of carbonyl (C=O) groups excluding carboxylic acids is 1. The highest BCUT2D eigenvalue weighted by molar-refractivity contribution is 6.04. The summed E-state index contributed by atoms with van der Waals surface area (Å²) in [6, 6.07) is 19.4. The molecule has 26 heavy (non-hydrogen) atoms. The first-order valence-corrected chi connectivity index (χ1v) is 8.61. The number of carbonyl (C=O) groups is 1. The molecule has 130 valence electrons. The summed E-state index contributed by atoms with van der Waals surface area (Å²) in [7, 11) is 0. The van der Waals surface area contributed by atoms with Crippen molar-refractivity contribution in [1.82, 2.24) is 0 Å². The van der Waals surface area contributed by atoms with Gasteiger partial charge in [-0.05, 0) is 35.7 Å². The van der Waals surface area contributed by atoms with Crippen molar-refractivity contribution in [1.29, 1.82) is 0 Å². The topological polar surface area (TPSA) is 59.3 Å². The maximum Gasteiger partial charge on any atom is 0.261 e. The van der Waals surface area contributed by atoms with Gasteiger partial charge in [0, 0.05) is 30.5 Å². The Morgan fingerprint density at radius 3 is 2.77 bits per heavy atom. The first-order chi connectivity index (χ1) is 12.7. The second-order valence-corrected chi connectivity index (χ2v) is 6.36. The maximum atomic E-state index is 12.5. The highest BCUT2D eigenvalue weighted by atomic mass is 16.5. The van der Waals surface area contributed by atoms with Crippen molar-refractivity contribution in [3.63, 3.8) is 0 Å². The van der Waals surface area contributed by atoms with E-state index in [0.29, 0.717) is 10.3 Å². The summed E-state index contributed by atoms with van der Waals surface area (Å²) in [5.41, 5.74) is 4.76. The number of para-hydroxylation sites is 2. The largest absolute Gasteiger partial charge is 0.619 e. The van der Waals surface area contributed by atoms with E-state index in [4.69, 9.17) is 0 Å². The fourth-order valence-corrected chi connectivity index (χ4v) is 3.34. The molecule has 0 spiro atoms. The standard InChI is InChI=1S/C21H19N3O2/c25-21(18-8-5-12-24(26)15-18)22-19-9-3-1-7-17(19)14-23-13-11-16-6-2-4-10-20(16)23/h1-10,12,15H,11,13-14H2,(H,22,25). The van der Waals surface area contributed by atoms with Gasteiger partial charge < -0.3 is 15.4 Å². The van der Waals surface area contributed by atoms with E-state index in [1.165, 1.54) is 23.6 Å². The number of nitrogens with one attached hydrogen (secondary N) is 1. The lowest BCUT2D eigenvalue weighted by atomic mass is 10.1. The summed E-state index contributed by atoms with van der Waals surface area (Å²) in [5, 5.41) is 14.3. The molecule has 0 fully saturated rings. The van der Waals surface area contributed by atoms with E-state index in [1.54, 1.807) is 12.1 Å². The van der Waals surface area contributed by atoms with E-state index >= 15 is 0 Å². The lowest BCUT2D eigenvalue weighted by Gasteiger charge is -2.21. The molecule has 0 bridgehead atoms. The third-order valence-electron chi connectivity index (χ3n) is 4.65. The van der Waals surface area contributed by atoms with Gasteiger partial charge >= 0.3 is 0 Å². The van der Waals surface area contributed by atoms with Crippen LogP contribution >= 0.6 is 0 Å². The average Bonchev–Trinajstić information content (AvgIpc) is 3.06. The van der Waals surface area contributed by atoms with Crippen LogP contribution in [0.3, 0.4) is 0 Å². The maximum absolute atomic E-state index is 12.5. The molecule has 1 aromatic heterocycles. The second kappa shape index (κ2) is 6.88. The lowest BCUT2D eigenvalue weighted by molar-refractivity contribution is -0.605. The second-order valence-electron chi connectivity index (χ2n) is 6.36. The van der Waals surface area contributed by atoms with Crippen LogP contribution in [0.1, 0.15) is 21.5 Å². The number of fused-ring (bicyclic) bond motifs is 1. The van der Waals surface area contributed by atoms with Crippen LogP contribution in [0, 0.1) is 5.21 Å². The number of benzene rings is 2. The zero-order chi connectivity index (χ0) is 17.9. The van der Waals surface area contributed by atoms with Gasteiger partial charge in [0.25, 0.3) is 5.91 Å². The summed E-state index contributed by atoms with van der Waals surface area (Å²) < 4.78 is 0.627. The Morgan fingerprint density at radius 2 is 1.88 bits per heavy atom. The molecule has 0 saturated heterocycles. The predicted octanol–water partition coefficient (Wildman–Crippen LogP) is 3.14. The van der Waals surface area contributed by atoms with Crippen LogP contribution in [-0.4, -0.2) is 12.5 Å². The van der Waals surface area contributed by atoms with Crippen LogP contribution in [0.15, 0.2) is 73.1 Å². The number of nitrogens with zero attached hydrogens (tertiary/aromatic N) is 2. The van der Waals surface area contributed by atoms with Crippen molar-refractivity contribution in [3.8, 4) is 0 Å². The third-order valence-corrected chi connectivity index (χ3v) is 4.65. The molecule has 0 saturated carbocycles. The number of amides is 1. The van der Waals surface area contributed by atoms with Crippen molar-refractivity contribution in [2.45, 2.75) is 13.0 Å². The highest BCUT2D eigenvalue weighted by Gasteiger charge is 2.20. The summed E-state index contributed by atoms with van der Waals surface area (Å²) in [5.74, 6) is -0.288. The Bertz CT molecular complexity index is 955. The first-order valence-electron chi connectivity index (χ1n) is 8.61. The van der Waals surface area contributed by atoms with Gasteiger partial charge in [0.2, 0.25) is 0 Å². The van der Waals surface area contributed by atoms with Crippen LogP contribution in [0.25, 0.3) is 0 Å². The van der Waals surface area contributed by atoms with Gasteiger partial charge in [-0.1, -0.05) is 36.4 Å². The zero-order valence-electron chi connectivity index (χ0n) is 14.3. The zero-order valence-corrected chi connectivity index (χ0v) is 14.3. The van der Waals surface area contributed by atoms with Crippen molar-refractivity contribution >= 4 is 17.3 Å². The molecule has 0 unspecified atom stereocenters. The van der Waals surface area contributed by atoms with Crippen molar-refractivity contribution in [3.05, 3.63) is 95.0 Å². The van der Waals surface area contributed by atoms with Crippen LogP contribution < -0.4 is 14.9 Å². The Balaban J connectivity index is 1.55. The van der Waals surface area contributed by atoms with Crippen molar-refractivity contribution in [2.24, 2.45) is 0 Å². The molecule has 5 nitrogen and oxygen atoms in total. The van der Waals surface area contributed by atoms with Gasteiger partial charge in [0.05, 0.1) is 0 Å². The molecule has 1 N–H and O–H groups in total. The van der Waals surface area contributed by atoms with Crippen LogP contribution in [0.5, 0.6) is 0 Å². The molecule has 3 aromatic rings. The summed E-state index contributed by atoms with van der Waals surface area (Å²) in [6.07, 6.45) is 3.67. The van der Waals surface area contributed by atoms with E-state index < -0.39 is 0 Å². The van der Waals surface area contributed by atoms with Crippen molar-refractivity contribution in [2.75, 3.05) is 16.8 Å². The summed E-state index contributed by atoms with van der Waals surface area (Å²) in [6.45, 7) is 1.69. The van der Waals surface area contributed by atoms with Crippen LogP contribution in [0.2, 0.25) is 0 Å². The minimum Gasteiger partial charge on any atom is -0.619 e. The Kier molecular flexibility index (Phi) is 4.27. The molecule has 0 atom stereocenters. The van der Waals surface area contributed by atoms with Gasteiger partial charge in [-0.15, -0.1) is 0 Å². The fraction of sp³-hybridized carbons (Fsp3) is 0.143. The third kappa shape index (κ3) is 3.24. The van der Waals surface area contributed by atoms with Crippen molar-refractivity contribution < 1.29 is 9.52 Å². The molecular weight excluding hydrogens is 326 g/mol. The van der Waals surface area contributed by atoms with Gasteiger partial charge in [-0.3, -0.25) is 4.79 Å². The number of hydrogen-bond acceptors (Lipinski definition) is 3. The number of anilines is 2. The van der Waals surface area contributed by atoms with Gasteiger partial charge in [0.1, 0.15) is 5.56 Å². The number of hydrogen-bond donors (Lipinski definition) is 1.